The van der Waals surface area contributed by atoms with Gasteiger partial charge in [-0.1, -0.05) is 5.46 Å². The second-order valence-corrected chi connectivity index (χ2v) is 1.59. The standard InChI is InChI=1S/C5H5BN2O/c6-4-1-7-5(3-9)8-2-4/h1-2,9H,3H2. The molecule has 0 spiro atoms. The summed E-state index contributed by atoms with van der Waals surface area (Å²) in [4.78, 5) is 7.42. The Hall–Kier alpha value is -0.895. The van der Waals surface area contributed by atoms with Gasteiger partial charge in [-0.15, -0.1) is 0 Å². The molecule has 0 aliphatic carbocycles. The van der Waals surface area contributed by atoms with E-state index < -0.39 is 0 Å². The number of rotatable bonds is 1. The topological polar surface area (TPSA) is 46.0 Å². The minimum absolute atomic E-state index is 0.139. The third kappa shape index (κ3) is 1.50. The Labute approximate surface area is 54.2 Å². The summed E-state index contributed by atoms with van der Waals surface area (Å²) in [7, 11) is 5.27. The molecule has 0 atom stereocenters. The molecule has 0 aliphatic heterocycles. The molecule has 0 unspecified atom stereocenters. The first-order valence-electron chi connectivity index (χ1n) is 2.50. The van der Waals surface area contributed by atoms with Gasteiger partial charge in [0.1, 0.15) is 14.5 Å². The van der Waals surface area contributed by atoms with Crippen molar-refractivity contribution in [1.29, 1.82) is 0 Å². The number of aromatic nitrogens is 2. The molecule has 9 heavy (non-hydrogen) atoms. The number of aliphatic hydroxyl groups is 1. The highest BCUT2D eigenvalue weighted by Gasteiger charge is 1.88. The molecule has 1 N–H and O–H groups in total. The molecule has 0 saturated carbocycles. The van der Waals surface area contributed by atoms with E-state index in [1.54, 1.807) is 0 Å². The van der Waals surface area contributed by atoms with Crippen LogP contribution in [0.25, 0.3) is 0 Å². The van der Waals surface area contributed by atoms with E-state index >= 15 is 0 Å². The van der Waals surface area contributed by atoms with Crippen LogP contribution in [-0.4, -0.2) is 22.9 Å². The molecule has 4 heteroatoms. The van der Waals surface area contributed by atoms with Gasteiger partial charge in [0, 0.05) is 12.4 Å². The lowest BCUT2D eigenvalue weighted by Crippen LogP contribution is -2.06. The Morgan fingerprint density at radius 1 is 1.44 bits per heavy atom. The normalized spacial score (nSPS) is 9.44. The zero-order valence-corrected chi connectivity index (χ0v) is 4.78. The van der Waals surface area contributed by atoms with E-state index in [0.717, 1.165) is 0 Å². The smallest absolute Gasteiger partial charge is 0.153 e. The molecule has 2 radical (unpaired) electrons. The maximum atomic E-state index is 8.46. The van der Waals surface area contributed by atoms with Crippen LogP contribution in [0.3, 0.4) is 0 Å². The number of hydrogen-bond donors (Lipinski definition) is 1. The SMILES string of the molecule is [B]c1cnc(CO)nc1. The van der Waals surface area contributed by atoms with Crippen molar-refractivity contribution in [3.05, 3.63) is 18.2 Å². The molecule has 0 bridgehead atoms. The summed E-state index contributed by atoms with van der Waals surface area (Å²) >= 11 is 0. The third-order valence-corrected chi connectivity index (χ3v) is 0.867. The molecular weight excluding hydrogens is 115 g/mol. The second-order valence-electron chi connectivity index (χ2n) is 1.59. The predicted octanol–water partition coefficient (Wildman–Crippen LogP) is -1.24. The minimum Gasteiger partial charge on any atom is -0.388 e. The van der Waals surface area contributed by atoms with Crippen molar-refractivity contribution in [2.45, 2.75) is 6.61 Å². The van der Waals surface area contributed by atoms with Crippen LogP contribution in [0.5, 0.6) is 0 Å². The van der Waals surface area contributed by atoms with E-state index in [1.807, 2.05) is 0 Å². The first-order chi connectivity index (χ1) is 4.33. The maximum absolute atomic E-state index is 8.46. The van der Waals surface area contributed by atoms with Crippen LogP contribution in [0.4, 0.5) is 0 Å². The molecule has 1 aromatic rings. The Morgan fingerprint density at radius 3 is 2.44 bits per heavy atom. The number of hydrogen-bond acceptors (Lipinski definition) is 3. The molecule has 1 rings (SSSR count). The highest BCUT2D eigenvalue weighted by Crippen LogP contribution is 1.81. The predicted molar refractivity (Wildman–Crippen MR) is 33.3 cm³/mol. The summed E-state index contributed by atoms with van der Waals surface area (Å²) < 4.78 is 0. The van der Waals surface area contributed by atoms with E-state index in [0.29, 0.717) is 11.3 Å². The fraction of sp³-hybridized carbons (Fsp3) is 0.200. The lowest BCUT2D eigenvalue weighted by molar-refractivity contribution is 0.271. The Morgan fingerprint density at radius 2 is 2.00 bits per heavy atom. The van der Waals surface area contributed by atoms with Gasteiger partial charge in [0.05, 0.1) is 0 Å². The molecule has 3 nitrogen and oxygen atoms in total. The van der Waals surface area contributed by atoms with Crippen LogP contribution >= 0.6 is 0 Å². The fourth-order valence-corrected chi connectivity index (χ4v) is 0.446. The fourth-order valence-electron chi connectivity index (χ4n) is 0.446. The highest BCUT2D eigenvalue weighted by atomic mass is 16.3. The van der Waals surface area contributed by atoms with Gasteiger partial charge in [-0.3, -0.25) is 0 Å². The molecule has 0 amide bonds. The van der Waals surface area contributed by atoms with Crippen molar-refractivity contribution in [1.82, 2.24) is 9.97 Å². The molecule has 0 aromatic carbocycles. The van der Waals surface area contributed by atoms with Gasteiger partial charge in [0.15, 0.2) is 5.82 Å². The van der Waals surface area contributed by atoms with Gasteiger partial charge >= 0.3 is 0 Å². The lowest BCUT2D eigenvalue weighted by atomic mass is 10.0. The summed E-state index contributed by atoms with van der Waals surface area (Å²) in [6.07, 6.45) is 2.91. The monoisotopic (exact) mass is 120 g/mol. The van der Waals surface area contributed by atoms with Gasteiger partial charge in [-0.05, 0) is 0 Å². The van der Waals surface area contributed by atoms with Crippen molar-refractivity contribution < 1.29 is 5.11 Å². The summed E-state index contributed by atoms with van der Waals surface area (Å²) in [5, 5.41) is 8.46. The average molecular weight is 120 g/mol. The van der Waals surface area contributed by atoms with Gasteiger partial charge in [-0.25, -0.2) is 9.97 Å². The van der Waals surface area contributed by atoms with Gasteiger partial charge in [-0.2, -0.15) is 0 Å². The van der Waals surface area contributed by atoms with E-state index in [4.69, 9.17) is 13.0 Å². The molecular formula is C5H5BN2O. The van der Waals surface area contributed by atoms with Crippen LogP contribution in [-0.2, 0) is 6.61 Å². The van der Waals surface area contributed by atoms with Crippen LogP contribution in [0.15, 0.2) is 12.4 Å². The molecule has 0 fully saturated rings. The van der Waals surface area contributed by atoms with Gasteiger partial charge < -0.3 is 5.11 Å². The summed E-state index contributed by atoms with van der Waals surface area (Å²) in [6, 6.07) is 0. The first-order valence-corrected chi connectivity index (χ1v) is 2.50. The Balaban J connectivity index is 2.88. The van der Waals surface area contributed by atoms with Crippen molar-refractivity contribution in [3.63, 3.8) is 0 Å². The molecule has 0 saturated heterocycles. The van der Waals surface area contributed by atoms with Crippen molar-refractivity contribution in [2.24, 2.45) is 0 Å². The van der Waals surface area contributed by atoms with Crippen LogP contribution in [0, 0.1) is 0 Å². The van der Waals surface area contributed by atoms with E-state index in [1.165, 1.54) is 12.4 Å². The first kappa shape index (κ1) is 6.23. The minimum atomic E-state index is -0.139. The van der Waals surface area contributed by atoms with Gasteiger partial charge in [0.2, 0.25) is 0 Å². The Kier molecular flexibility index (Phi) is 1.79. The summed E-state index contributed by atoms with van der Waals surface area (Å²) in [5.74, 6) is 0.393. The largest absolute Gasteiger partial charge is 0.388 e. The van der Waals surface area contributed by atoms with Crippen molar-refractivity contribution in [2.75, 3.05) is 0 Å². The zero-order chi connectivity index (χ0) is 6.69. The molecule has 44 valence electrons. The quantitative estimate of drug-likeness (QED) is 0.471. The van der Waals surface area contributed by atoms with Crippen LogP contribution < -0.4 is 5.46 Å². The number of aliphatic hydroxyl groups excluding tert-OH is 1. The maximum Gasteiger partial charge on any atom is 0.153 e. The second kappa shape index (κ2) is 2.59. The van der Waals surface area contributed by atoms with Crippen molar-refractivity contribution in [3.8, 4) is 0 Å². The van der Waals surface area contributed by atoms with Crippen molar-refractivity contribution >= 4 is 13.3 Å². The molecule has 1 aromatic heterocycles. The number of nitrogens with zero attached hydrogens (tertiary/aromatic N) is 2. The zero-order valence-electron chi connectivity index (χ0n) is 4.78. The lowest BCUT2D eigenvalue weighted by Gasteiger charge is -1.92. The van der Waals surface area contributed by atoms with E-state index in [-0.39, 0.29) is 6.61 Å². The third-order valence-electron chi connectivity index (χ3n) is 0.867. The summed E-state index contributed by atoms with van der Waals surface area (Å²) in [5.41, 5.74) is 0.507. The van der Waals surface area contributed by atoms with E-state index in [9.17, 15) is 0 Å². The van der Waals surface area contributed by atoms with E-state index in [2.05, 4.69) is 9.97 Å². The molecule has 0 aliphatic rings. The highest BCUT2D eigenvalue weighted by molar-refractivity contribution is 6.31. The van der Waals surface area contributed by atoms with Crippen LogP contribution in [0.1, 0.15) is 5.82 Å². The average Bonchev–Trinajstić information content (AvgIpc) is 1.90. The summed E-state index contributed by atoms with van der Waals surface area (Å²) in [6.45, 7) is -0.139. The molecule has 1 heterocycles. The van der Waals surface area contributed by atoms with Gasteiger partial charge in [0.25, 0.3) is 0 Å². The Bertz CT molecular complexity index is 187. The van der Waals surface area contributed by atoms with Crippen LogP contribution in [0.2, 0.25) is 0 Å².